The first-order chi connectivity index (χ1) is 9.69. The molecule has 20 heavy (non-hydrogen) atoms. The van der Waals surface area contributed by atoms with Gasteiger partial charge in [0.1, 0.15) is 5.75 Å². The van der Waals surface area contributed by atoms with Crippen molar-refractivity contribution in [1.82, 2.24) is 0 Å². The lowest BCUT2D eigenvalue weighted by Crippen LogP contribution is -2.18. The molecule has 0 saturated heterocycles. The van der Waals surface area contributed by atoms with E-state index in [1.54, 1.807) is 0 Å². The molecule has 1 saturated carbocycles. The lowest BCUT2D eigenvalue weighted by atomic mass is 10.0. The summed E-state index contributed by atoms with van der Waals surface area (Å²) in [4.78, 5) is 0. The molecule has 0 heterocycles. The summed E-state index contributed by atoms with van der Waals surface area (Å²) in [6, 6.07) is 6.62. The minimum absolute atomic E-state index is 0.153. The van der Waals surface area contributed by atoms with Crippen molar-refractivity contribution in [3.05, 3.63) is 29.3 Å². The Morgan fingerprint density at radius 3 is 2.80 bits per heavy atom. The molecule has 1 atom stereocenters. The van der Waals surface area contributed by atoms with E-state index in [2.05, 4.69) is 18.2 Å². The van der Waals surface area contributed by atoms with Gasteiger partial charge in [0.15, 0.2) is 0 Å². The third kappa shape index (κ3) is 5.14. The van der Waals surface area contributed by atoms with Crippen LogP contribution in [0, 0.1) is 5.92 Å². The summed E-state index contributed by atoms with van der Waals surface area (Å²) in [6.45, 7) is 6.46. The molecular formula is C17H27NO2. The van der Waals surface area contributed by atoms with Crippen molar-refractivity contribution in [1.29, 1.82) is 0 Å². The molecule has 0 bridgehead atoms. The van der Waals surface area contributed by atoms with Gasteiger partial charge >= 0.3 is 0 Å². The van der Waals surface area contributed by atoms with Gasteiger partial charge in [-0.05, 0) is 62.6 Å². The smallest absolute Gasteiger partial charge is 0.122 e. The Morgan fingerprint density at radius 1 is 1.35 bits per heavy atom. The highest BCUT2D eigenvalue weighted by atomic mass is 16.5. The Morgan fingerprint density at radius 2 is 2.15 bits per heavy atom. The third-order valence-electron chi connectivity index (χ3n) is 3.58. The molecule has 1 aromatic carbocycles. The first-order valence-electron chi connectivity index (χ1n) is 7.77. The third-order valence-corrected chi connectivity index (χ3v) is 3.58. The monoisotopic (exact) mass is 277 g/mol. The Hall–Kier alpha value is -1.06. The van der Waals surface area contributed by atoms with E-state index in [-0.39, 0.29) is 6.04 Å². The van der Waals surface area contributed by atoms with Crippen molar-refractivity contribution in [2.45, 2.75) is 45.6 Å². The topological polar surface area (TPSA) is 44.5 Å². The van der Waals surface area contributed by atoms with Gasteiger partial charge in [-0.2, -0.15) is 0 Å². The van der Waals surface area contributed by atoms with E-state index in [1.807, 2.05) is 13.8 Å². The van der Waals surface area contributed by atoms with Gasteiger partial charge in [-0.25, -0.2) is 0 Å². The fourth-order valence-corrected chi connectivity index (χ4v) is 2.26. The van der Waals surface area contributed by atoms with Crippen LogP contribution in [0.5, 0.6) is 5.75 Å². The summed E-state index contributed by atoms with van der Waals surface area (Å²) in [7, 11) is 0. The van der Waals surface area contributed by atoms with Gasteiger partial charge < -0.3 is 15.2 Å². The first kappa shape index (κ1) is 15.3. The molecule has 0 amide bonds. The quantitative estimate of drug-likeness (QED) is 0.706. The highest BCUT2D eigenvalue weighted by Crippen LogP contribution is 2.31. The van der Waals surface area contributed by atoms with E-state index in [4.69, 9.17) is 15.2 Å². The number of rotatable bonds is 9. The molecule has 1 unspecified atom stereocenters. The van der Waals surface area contributed by atoms with Gasteiger partial charge in [0.05, 0.1) is 13.2 Å². The maximum atomic E-state index is 5.96. The Bertz CT molecular complexity index is 413. The molecule has 1 aliphatic rings. The molecule has 1 fully saturated rings. The van der Waals surface area contributed by atoms with Crippen molar-refractivity contribution >= 4 is 0 Å². The molecular weight excluding hydrogens is 250 g/mol. The Balaban J connectivity index is 2.00. The van der Waals surface area contributed by atoms with Crippen LogP contribution in [0.4, 0.5) is 0 Å². The molecule has 2 rings (SSSR count). The van der Waals surface area contributed by atoms with Gasteiger partial charge in [-0.15, -0.1) is 0 Å². The largest absolute Gasteiger partial charge is 0.493 e. The van der Waals surface area contributed by atoms with Gasteiger partial charge in [0, 0.05) is 12.6 Å². The number of nitrogens with two attached hydrogens (primary N) is 1. The summed E-state index contributed by atoms with van der Waals surface area (Å²) in [5, 5.41) is 0. The number of hydrogen-bond donors (Lipinski definition) is 1. The van der Waals surface area contributed by atoms with Crippen LogP contribution in [0.3, 0.4) is 0 Å². The molecule has 1 aliphatic carbocycles. The normalized spacial score (nSPS) is 16.1. The highest BCUT2D eigenvalue weighted by Gasteiger charge is 2.22. The molecule has 112 valence electrons. The maximum absolute atomic E-state index is 5.96. The maximum Gasteiger partial charge on any atom is 0.122 e. The molecule has 0 radical (unpaired) electrons. The number of ether oxygens (including phenoxy) is 2. The molecule has 0 aromatic heterocycles. The van der Waals surface area contributed by atoms with Crippen LogP contribution >= 0.6 is 0 Å². The fraction of sp³-hybridized carbons (Fsp3) is 0.647. The SMILES string of the molecule is CCOCCc1ccc(OCC2CC2)c(CC(C)N)c1. The van der Waals surface area contributed by atoms with Crippen LogP contribution in [0.2, 0.25) is 0 Å². The van der Waals surface area contributed by atoms with Crippen molar-refractivity contribution in [2.75, 3.05) is 19.8 Å². The van der Waals surface area contributed by atoms with E-state index >= 15 is 0 Å². The lowest BCUT2D eigenvalue weighted by Gasteiger charge is -2.15. The van der Waals surface area contributed by atoms with Crippen molar-refractivity contribution in [2.24, 2.45) is 11.7 Å². The van der Waals surface area contributed by atoms with Crippen molar-refractivity contribution in [3.63, 3.8) is 0 Å². The summed E-state index contributed by atoms with van der Waals surface area (Å²) in [5.74, 6) is 1.78. The number of benzene rings is 1. The van der Waals surface area contributed by atoms with Crippen LogP contribution in [-0.4, -0.2) is 25.9 Å². The lowest BCUT2D eigenvalue weighted by molar-refractivity contribution is 0.151. The summed E-state index contributed by atoms with van der Waals surface area (Å²) in [5.41, 5.74) is 8.48. The van der Waals surface area contributed by atoms with Crippen LogP contribution in [-0.2, 0) is 17.6 Å². The molecule has 1 aromatic rings. The van der Waals surface area contributed by atoms with Crippen LogP contribution < -0.4 is 10.5 Å². The average Bonchev–Trinajstić information content (AvgIpc) is 3.21. The second-order valence-corrected chi connectivity index (χ2v) is 5.82. The van der Waals surface area contributed by atoms with Gasteiger partial charge in [0.25, 0.3) is 0 Å². The average molecular weight is 277 g/mol. The minimum Gasteiger partial charge on any atom is -0.493 e. The molecule has 0 spiro atoms. The van der Waals surface area contributed by atoms with E-state index in [1.165, 1.54) is 24.0 Å². The zero-order valence-electron chi connectivity index (χ0n) is 12.7. The van der Waals surface area contributed by atoms with Gasteiger partial charge in [0.2, 0.25) is 0 Å². The zero-order chi connectivity index (χ0) is 14.4. The minimum atomic E-state index is 0.153. The van der Waals surface area contributed by atoms with Gasteiger partial charge in [-0.3, -0.25) is 0 Å². The Labute approximate surface area is 122 Å². The van der Waals surface area contributed by atoms with Crippen molar-refractivity contribution < 1.29 is 9.47 Å². The highest BCUT2D eigenvalue weighted by molar-refractivity contribution is 5.38. The van der Waals surface area contributed by atoms with E-state index < -0.39 is 0 Å². The van der Waals surface area contributed by atoms with Crippen molar-refractivity contribution in [3.8, 4) is 5.75 Å². The second-order valence-electron chi connectivity index (χ2n) is 5.82. The van der Waals surface area contributed by atoms with E-state index in [0.29, 0.717) is 0 Å². The molecule has 0 aliphatic heterocycles. The predicted molar refractivity (Wildman–Crippen MR) is 82.2 cm³/mol. The van der Waals surface area contributed by atoms with Gasteiger partial charge in [-0.1, -0.05) is 12.1 Å². The molecule has 3 heteroatoms. The zero-order valence-corrected chi connectivity index (χ0v) is 12.7. The first-order valence-corrected chi connectivity index (χ1v) is 7.77. The fourth-order valence-electron chi connectivity index (χ4n) is 2.26. The second kappa shape index (κ2) is 7.65. The summed E-state index contributed by atoms with van der Waals surface area (Å²) in [6.07, 6.45) is 4.44. The molecule has 2 N–H and O–H groups in total. The van der Waals surface area contributed by atoms with E-state index in [9.17, 15) is 0 Å². The van der Waals surface area contributed by atoms with Crippen LogP contribution in [0.25, 0.3) is 0 Å². The summed E-state index contributed by atoms with van der Waals surface area (Å²) < 4.78 is 11.4. The number of hydrogen-bond acceptors (Lipinski definition) is 3. The van der Waals surface area contributed by atoms with Crippen LogP contribution in [0.15, 0.2) is 18.2 Å². The van der Waals surface area contributed by atoms with E-state index in [0.717, 1.165) is 44.3 Å². The summed E-state index contributed by atoms with van der Waals surface area (Å²) >= 11 is 0. The van der Waals surface area contributed by atoms with Crippen LogP contribution in [0.1, 0.15) is 37.8 Å². The standard InChI is InChI=1S/C17H27NO2/c1-3-19-9-8-14-6-7-17(20-12-15-4-5-15)16(11-14)10-13(2)18/h6-7,11,13,15H,3-5,8-10,12,18H2,1-2H3. The Kier molecular flexibility index (Phi) is 5.86. The molecule has 3 nitrogen and oxygen atoms in total. The predicted octanol–water partition coefficient (Wildman–Crippen LogP) is 2.94.